The Morgan fingerprint density at radius 3 is 2.27 bits per heavy atom. The molecule has 1 N–H and O–H groups in total. The molecule has 0 unspecified atom stereocenters. The first-order chi connectivity index (χ1) is 10.5. The molecule has 112 valence electrons. The minimum absolute atomic E-state index is 0.0683. The standard InChI is InChI=1S/C19H20N2O/c1-12-9-13(2)11-15(10-12)20-19(22)18-14(3)16-7-5-6-8-17(16)21(18)4/h5-11H,1-4H3,(H,20,22). The van der Waals surface area contributed by atoms with Gasteiger partial charge in [-0.05, 0) is 55.7 Å². The molecule has 2 aromatic carbocycles. The number of rotatable bonds is 2. The number of amides is 1. The van der Waals surface area contributed by atoms with Crippen LogP contribution < -0.4 is 5.32 Å². The highest BCUT2D eigenvalue weighted by molar-refractivity contribution is 6.08. The van der Waals surface area contributed by atoms with E-state index >= 15 is 0 Å². The summed E-state index contributed by atoms with van der Waals surface area (Å²) in [4.78, 5) is 12.7. The van der Waals surface area contributed by atoms with Crippen molar-refractivity contribution in [2.24, 2.45) is 7.05 Å². The van der Waals surface area contributed by atoms with Gasteiger partial charge in [-0.1, -0.05) is 24.3 Å². The van der Waals surface area contributed by atoms with E-state index in [2.05, 4.69) is 17.4 Å². The minimum Gasteiger partial charge on any atom is -0.339 e. The average Bonchev–Trinajstić information content (AvgIpc) is 2.70. The maximum atomic E-state index is 12.7. The first kappa shape index (κ1) is 14.4. The molecule has 0 aliphatic rings. The predicted molar refractivity (Wildman–Crippen MR) is 91.5 cm³/mol. The van der Waals surface area contributed by atoms with E-state index in [4.69, 9.17) is 0 Å². The second-order valence-electron chi connectivity index (χ2n) is 5.88. The average molecular weight is 292 g/mol. The van der Waals surface area contributed by atoms with Gasteiger partial charge >= 0.3 is 0 Å². The number of fused-ring (bicyclic) bond motifs is 1. The lowest BCUT2D eigenvalue weighted by Gasteiger charge is -2.09. The third kappa shape index (κ3) is 2.39. The van der Waals surface area contributed by atoms with Crippen molar-refractivity contribution in [2.75, 3.05) is 5.32 Å². The van der Waals surface area contributed by atoms with Crippen LogP contribution in [0.2, 0.25) is 0 Å². The Morgan fingerprint density at radius 2 is 1.64 bits per heavy atom. The number of nitrogens with zero attached hydrogens (tertiary/aromatic N) is 1. The number of para-hydroxylation sites is 1. The molecule has 3 nitrogen and oxygen atoms in total. The summed E-state index contributed by atoms with van der Waals surface area (Å²) in [7, 11) is 1.94. The topological polar surface area (TPSA) is 34.0 Å². The second-order valence-corrected chi connectivity index (χ2v) is 5.88. The fourth-order valence-electron chi connectivity index (χ4n) is 3.14. The second kappa shape index (κ2) is 5.34. The molecule has 1 amide bonds. The minimum atomic E-state index is -0.0683. The van der Waals surface area contributed by atoms with Gasteiger partial charge in [-0.25, -0.2) is 0 Å². The maximum absolute atomic E-state index is 12.7. The van der Waals surface area contributed by atoms with E-state index < -0.39 is 0 Å². The van der Waals surface area contributed by atoms with Crippen LogP contribution in [-0.2, 0) is 7.05 Å². The molecule has 1 heterocycles. The van der Waals surface area contributed by atoms with E-state index in [0.717, 1.165) is 33.3 Å². The van der Waals surface area contributed by atoms with Gasteiger partial charge in [0.2, 0.25) is 0 Å². The Hall–Kier alpha value is -2.55. The molecule has 0 radical (unpaired) electrons. The molecule has 3 aromatic rings. The molecule has 0 saturated carbocycles. The smallest absolute Gasteiger partial charge is 0.272 e. The molecule has 3 rings (SSSR count). The number of hydrogen-bond acceptors (Lipinski definition) is 1. The van der Waals surface area contributed by atoms with Crippen molar-refractivity contribution in [3.8, 4) is 0 Å². The molecule has 0 fully saturated rings. The lowest BCUT2D eigenvalue weighted by molar-refractivity contribution is 0.101. The van der Waals surface area contributed by atoms with Crippen LogP contribution in [0, 0.1) is 20.8 Å². The summed E-state index contributed by atoms with van der Waals surface area (Å²) in [5.74, 6) is -0.0683. The molecule has 0 atom stereocenters. The van der Waals surface area contributed by atoms with E-state index in [0.29, 0.717) is 5.69 Å². The largest absolute Gasteiger partial charge is 0.339 e. The van der Waals surface area contributed by atoms with Gasteiger partial charge in [0.1, 0.15) is 5.69 Å². The van der Waals surface area contributed by atoms with Crippen LogP contribution in [0.25, 0.3) is 10.9 Å². The van der Waals surface area contributed by atoms with Crippen molar-refractivity contribution in [1.29, 1.82) is 0 Å². The number of aryl methyl sites for hydroxylation is 4. The van der Waals surface area contributed by atoms with Gasteiger partial charge in [0.15, 0.2) is 0 Å². The van der Waals surface area contributed by atoms with E-state index in [1.807, 2.05) is 62.7 Å². The van der Waals surface area contributed by atoms with Crippen LogP contribution in [0.15, 0.2) is 42.5 Å². The van der Waals surface area contributed by atoms with Crippen LogP contribution in [0.1, 0.15) is 27.2 Å². The molecule has 22 heavy (non-hydrogen) atoms. The summed E-state index contributed by atoms with van der Waals surface area (Å²) in [6.07, 6.45) is 0. The molecule has 0 bridgehead atoms. The third-order valence-electron chi connectivity index (χ3n) is 4.05. The molecule has 0 saturated heterocycles. The number of benzene rings is 2. The van der Waals surface area contributed by atoms with Gasteiger partial charge < -0.3 is 9.88 Å². The Balaban J connectivity index is 2.02. The van der Waals surface area contributed by atoms with E-state index in [9.17, 15) is 4.79 Å². The van der Waals surface area contributed by atoms with Crippen LogP contribution in [0.4, 0.5) is 5.69 Å². The maximum Gasteiger partial charge on any atom is 0.272 e. The van der Waals surface area contributed by atoms with Gasteiger partial charge in [-0.3, -0.25) is 4.79 Å². The molecular weight excluding hydrogens is 272 g/mol. The van der Waals surface area contributed by atoms with E-state index in [-0.39, 0.29) is 5.91 Å². The van der Waals surface area contributed by atoms with Crippen molar-refractivity contribution in [1.82, 2.24) is 4.57 Å². The van der Waals surface area contributed by atoms with Crippen molar-refractivity contribution in [2.45, 2.75) is 20.8 Å². The normalized spacial score (nSPS) is 10.9. The first-order valence-corrected chi connectivity index (χ1v) is 7.41. The predicted octanol–water partition coefficient (Wildman–Crippen LogP) is 4.36. The third-order valence-corrected chi connectivity index (χ3v) is 4.05. The summed E-state index contributed by atoms with van der Waals surface area (Å²) < 4.78 is 1.96. The van der Waals surface area contributed by atoms with E-state index in [1.165, 1.54) is 0 Å². The zero-order chi connectivity index (χ0) is 15.9. The Bertz CT molecular complexity index is 815. The van der Waals surface area contributed by atoms with Crippen LogP contribution in [0.5, 0.6) is 0 Å². The van der Waals surface area contributed by atoms with Gasteiger partial charge in [0.25, 0.3) is 5.91 Å². The highest BCUT2D eigenvalue weighted by Crippen LogP contribution is 2.25. The van der Waals surface area contributed by atoms with Crippen molar-refractivity contribution in [3.05, 3.63) is 64.8 Å². The van der Waals surface area contributed by atoms with Crippen molar-refractivity contribution in [3.63, 3.8) is 0 Å². The van der Waals surface area contributed by atoms with E-state index in [1.54, 1.807) is 0 Å². The summed E-state index contributed by atoms with van der Waals surface area (Å²) in [6.45, 7) is 6.06. The highest BCUT2D eigenvalue weighted by atomic mass is 16.1. The lowest BCUT2D eigenvalue weighted by atomic mass is 10.1. The first-order valence-electron chi connectivity index (χ1n) is 7.41. The number of anilines is 1. The lowest BCUT2D eigenvalue weighted by Crippen LogP contribution is -2.17. The highest BCUT2D eigenvalue weighted by Gasteiger charge is 2.18. The number of carbonyl (C=O) groups excluding carboxylic acids is 1. The van der Waals surface area contributed by atoms with Gasteiger partial charge in [0, 0.05) is 23.6 Å². The van der Waals surface area contributed by atoms with Crippen molar-refractivity contribution >= 4 is 22.5 Å². The molecule has 0 aliphatic heterocycles. The number of hydrogen-bond donors (Lipinski definition) is 1. The summed E-state index contributed by atoms with van der Waals surface area (Å²) >= 11 is 0. The quantitative estimate of drug-likeness (QED) is 0.748. The Morgan fingerprint density at radius 1 is 1.00 bits per heavy atom. The Labute approximate surface area is 130 Å². The zero-order valence-electron chi connectivity index (χ0n) is 13.4. The summed E-state index contributed by atoms with van der Waals surface area (Å²) in [5.41, 5.74) is 5.92. The monoisotopic (exact) mass is 292 g/mol. The Kier molecular flexibility index (Phi) is 3.49. The molecule has 0 aliphatic carbocycles. The van der Waals surface area contributed by atoms with Gasteiger partial charge in [0.05, 0.1) is 0 Å². The molecule has 3 heteroatoms. The number of nitrogens with one attached hydrogen (secondary N) is 1. The van der Waals surface area contributed by atoms with Gasteiger partial charge in [-0.15, -0.1) is 0 Å². The van der Waals surface area contributed by atoms with Crippen LogP contribution in [-0.4, -0.2) is 10.5 Å². The molecule has 1 aromatic heterocycles. The fraction of sp³-hybridized carbons (Fsp3) is 0.211. The SMILES string of the molecule is Cc1cc(C)cc(NC(=O)c2c(C)c3ccccc3n2C)c1. The number of carbonyl (C=O) groups is 1. The van der Waals surface area contributed by atoms with Crippen molar-refractivity contribution < 1.29 is 4.79 Å². The zero-order valence-corrected chi connectivity index (χ0v) is 13.4. The van der Waals surface area contributed by atoms with Crippen LogP contribution >= 0.6 is 0 Å². The fourth-order valence-corrected chi connectivity index (χ4v) is 3.14. The summed E-state index contributed by atoms with van der Waals surface area (Å²) in [5, 5.41) is 4.14. The summed E-state index contributed by atoms with van der Waals surface area (Å²) in [6, 6.07) is 14.2. The molecular formula is C19H20N2O. The van der Waals surface area contributed by atoms with Gasteiger partial charge in [-0.2, -0.15) is 0 Å². The van der Waals surface area contributed by atoms with Crippen LogP contribution in [0.3, 0.4) is 0 Å². The number of aromatic nitrogens is 1. The molecule has 0 spiro atoms.